The van der Waals surface area contributed by atoms with Gasteiger partial charge in [-0.2, -0.15) is 0 Å². The predicted octanol–water partition coefficient (Wildman–Crippen LogP) is 4.92. The zero-order valence-corrected chi connectivity index (χ0v) is 19.1. The Balaban J connectivity index is 1.54. The second-order valence-corrected chi connectivity index (χ2v) is 8.46. The summed E-state index contributed by atoms with van der Waals surface area (Å²) in [5.74, 6) is 1.67. The van der Waals surface area contributed by atoms with Gasteiger partial charge in [-0.3, -0.25) is 4.79 Å². The van der Waals surface area contributed by atoms with Crippen molar-refractivity contribution in [3.05, 3.63) is 54.4 Å². The molecule has 1 aliphatic rings. The van der Waals surface area contributed by atoms with Gasteiger partial charge in [0.25, 0.3) is 5.91 Å². The second-order valence-electron chi connectivity index (χ2n) is 8.46. The number of hydrogen-bond acceptors (Lipinski definition) is 3. The quantitative estimate of drug-likeness (QED) is 0.547. The van der Waals surface area contributed by atoms with Crippen LogP contribution in [-0.2, 0) is 6.54 Å². The van der Waals surface area contributed by atoms with Crippen LogP contribution in [0.5, 0.6) is 0 Å². The maximum absolute atomic E-state index is 13.4. The molecule has 0 spiro atoms. The van der Waals surface area contributed by atoms with Crippen LogP contribution in [0.4, 0.5) is 0 Å². The lowest BCUT2D eigenvalue weighted by atomic mass is 9.96. The molecule has 0 radical (unpaired) electrons. The maximum atomic E-state index is 13.4. The molecule has 1 aromatic heterocycles. The summed E-state index contributed by atoms with van der Waals surface area (Å²) >= 11 is 0. The Morgan fingerprint density at radius 3 is 2.45 bits per heavy atom. The van der Waals surface area contributed by atoms with Gasteiger partial charge in [0, 0.05) is 31.7 Å². The molecule has 0 saturated carbocycles. The van der Waals surface area contributed by atoms with Crippen molar-refractivity contribution in [3.8, 4) is 11.4 Å². The average molecular weight is 419 g/mol. The van der Waals surface area contributed by atoms with E-state index in [2.05, 4.69) is 72.7 Å². The molecule has 3 aromatic rings. The largest absolute Gasteiger partial charge is 0.337 e. The van der Waals surface area contributed by atoms with Gasteiger partial charge in [-0.25, -0.2) is 4.98 Å². The fourth-order valence-electron chi connectivity index (χ4n) is 4.83. The number of carbonyl (C=O) groups is 1. The predicted molar refractivity (Wildman–Crippen MR) is 127 cm³/mol. The molecular weight excluding hydrogens is 384 g/mol. The Morgan fingerprint density at radius 1 is 1.03 bits per heavy atom. The summed E-state index contributed by atoms with van der Waals surface area (Å²) in [7, 11) is 0. The SMILES string of the molecule is CCN(CC)CC1CCN(C(=O)c2cnc(-c3cccc4ccccc34)n2CC)CC1. The smallest absolute Gasteiger partial charge is 0.272 e. The molecule has 1 saturated heterocycles. The van der Waals surface area contributed by atoms with Crippen LogP contribution in [0.25, 0.3) is 22.2 Å². The van der Waals surface area contributed by atoms with Crippen LogP contribution in [0.1, 0.15) is 44.1 Å². The summed E-state index contributed by atoms with van der Waals surface area (Å²) in [4.78, 5) is 22.6. The molecule has 2 heterocycles. The average Bonchev–Trinajstić information content (AvgIpc) is 3.26. The molecule has 0 atom stereocenters. The number of piperidine rings is 1. The Hall–Kier alpha value is -2.66. The first kappa shape index (κ1) is 21.6. The number of hydrogen-bond donors (Lipinski definition) is 0. The van der Waals surface area contributed by atoms with Gasteiger partial charge < -0.3 is 14.4 Å². The molecule has 164 valence electrons. The molecule has 0 unspecified atom stereocenters. The lowest BCUT2D eigenvalue weighted by Crippen LogP contribution is -2.42. The minimum Gasteiger partial charge on any atom is -0.337 e. The Morgan fingerprint density at radius 2 is 1.74 bits per heavy atom. The van der Waals surface area contributed by atoms with Gasteiger partial charge in [0.05, 0.1) is 6.20 Å². The van der Waals surface area contributed by atoms with Gasteiger partial charge in [0.15, 0.2) is 0 Å². The van der Waals surface area contributed by atoms with Gasteiger partial charge in [-0.15, -0.1) is 0 Å². The maximum Gasteiger partial charge on any atom is 0.272 e. The van der Waals surface area contributed by atoms with Gasteiger partial charge in [-0.05, 0) is 49.5 Å². The van der Waals surface area contributed by atoms with E-state index in [9.17, 15) is 4.79 Å². The molecule has 5 nitrogen and oxygen atoms in total. The third-order valence-corrected chi connectivity index (χ3v) is 6.73. The molecule has 0 bridgehead atoms. The van der Waals surface area contributed by atoms with Gasteiger partial charge in [0.2, 0.25) is 0 Å². The third kappa shape index (κ3) is 4.38. The molecule has 4 rings (SSSR count). The molecule has 1 amide bonds. The van der Waals surface area contributed by atoms with Crippen molar-refractivity contribution in [3.63, 3.8) is 0 Å². The summed E-state index contributed by atoms with van der Waals surface area (Å²) in [6, 6.07) is 14.6. The van der Waals surface area contributed by atoms with Gasteiger partial charge in [-0.1, -0.05) is 56.3 Å². The van der Waals surface area contributed by atoms with Crippen LogP contribution < -0.4 is 0 Å². The fourth-order valence-corrected chi connectivity index (χ4v) is 4.83. The minimum absolute atomic E-state index is 0.113. The number of aromatic nitrogens is 2. The number of imidazole rings is 1. The first-order chi connectivity index (χ1) is 15.2. The molecule has 0 N–H and O–H groups in total. The molecule has 1 fully saturated rings. The number of rotatable bonds is 7. The van der Waals surface area contributed by atoms with E-state index in [0.717, 1.165) is 63.5 Å². The van der Waals surface area contributed by atoms with E-state index in [1.54, 1.807) is 6.20 Å². The number of amides is 1. The van der Waals surface area contributed by atoms with E-state index in [4.69, 9.17) is 4.98 Å². The van der Waals surface area contributed by atoms with Crippen LogP contribution in [0, 0.1) is 5.92 Å². The molecule has 31 heavy (non-hydrogen) atoms. The van der Waals surface area contributed by atoms with E-state index in [1.807, 2.05) is 4.90 Å². The highest BCUT2D eigenvalue weighted by molar-refractivity contribution is 5.97. The first-order valence-electron chi connectivity index (χ1n) is 11.7. The third-order valence-electron chi connectivity index (χ3n) is 6.73. The van der Waals surface area contributed by atoms with Gasteiger partial charge in [0.1, 0.15) is 11.5 Å². The lowest BCUT2D eigenvalue weighted by Gasteiger charge is -2.34. The van der Waals surface area contributed by atoms with E-state index in [-0.39, 0.29) is 5.91 Å². The van der Waals surface area contributed by atoms with Crippen LogP contribution >= 0.6 is 0 Å². The van der Waals surface area contributed by atoms with Crippen molar-refractivity contribution < 1.29 is 4.79 Å². The Kier molecular flexibility index (Phi) is 6.71. The summed E-state index contributed by atoms with van der Waals surface area (Å²) in [5.41, 5.74) is 1.78. The highest BCUT2D eigenvalue weighted by Crippen LogP contribution is 2.29. The monoisotopic (exact) mass is 418 g/mol. The van der Waals surface area contributed by atoms with Crippen LogP contribution in [-0.4, -0.2) is 58.0 Å². The normalized spacial score (nSPS) is 15.2. The molecular formula is C26H34N4O. The van der Waals surface area contributed by atoms with Crippen molar-refractivity contribution in [2.24, 2.45) is 5.92 Å². The molecule has 2 aromatic carbocycles. The van der Waals surface area contributed by atoms with Crippen LogP contribution in [0.3, 0.4) is 0 Å². The molecule has 5 heteroatoms. The summed E-state index contributed by atoms with van der Waals surface area (Å²) in [6.45, 7) is 12.3. The summed E-state index contributed by atoms with van der Waals surface area (Å²) < 4.78 is 2.08. The lowest BCUT2D eigenvalue weighted by molar-refractivity contribution is 0.0659. The van der Waals surface area contributed by atoms with Crippen molar-refractivity contribution in [1.29, 1.82) is 0 Å². The zero-order valence-electron chi connectivity index (χ0n) is 19.1. The number of likely N-dealkylation sites (tertiary alicyclic amines) is 1. The number of carbonyl (C=O) groups excluding carboxylic acids is 1. The van der Waals surface area contributed by atoms with E-state index >= 15 is 0 Å². The Bertz CT molecular complexity index is 1020. The zero-order chi connectivity index (χ0) is 21.8. The Labute approximate surface area is 185 Å². The van der Waals surface area contributed by atoms with E-state index in [1.165, 1.54) is 10.8 Å². The highest BCUT2D eigenvalue weighted by atomic mass is 16.2. The van der Waals surface area contributed by atoms with Crippen molar-refractivity contribution in [1.82, 2.24) is 19.4 Å². The number of fused-ring (bicyclic) bond motifs is 1. The van der Waals surface area contributed by atoms with E-state index in [0.29, 0.717) is 11.6 Å². The van der Waals surface area contributed by atoms with Gasteiger partial charge >= 0.3 is 0 Å². The second kappa shape index (κ2) is 9.65. The number of nitrogens with zero attached hydrogens (tertiary/aromatic N) is 4. The molecule has 1 aliphatic heterocycles. The van der Waals surface area contributed by atoms with Crippen LogP contribution in [0.15, 0.2) is 48.7 Å². The first-order valence-corrected chi connectivity index (χ1v) is 11.7. The highest BCUT2D eigenvalue weighted by Gasteiger charge is 2.27. The van der Waals surface area contributed by atoms with Crippen molar-refractivity contribution in [2.45, 2.75) is 40.2 Å². The summed E-state index contributed by atoms with van der Waals surface area (Å²) in [5, 5.41) is 2.36. The minimum atomic E-state index is 0.113. The topological polar surface area (TPSA) is 41.4 Å². The van der Waals surface area contributed by atoms with E-state index < -0.39 is 0 Å². The van der Waals surface area contributed by atoms with Crippen molar-refractivity contribution in [2.75, 3.05) is 32.7 Å². The number of benzene rings is 2. The van der Waals surface area contributed by atoms with Crippen LogP contribution in [0.2, 0.25) is 0 Å². The summed E-state index contributed by atoms with van der Waals surface area (Å²) in [6.07, 6.45) is 3.93. The fraction of sp³-hybridized carbons (Fsp3) is 0.462. The molecule has 0 aliphatic carbocycles. The standard InChI is InChI=1S/C26H34N4O/c1-4-28(5-2)19-20-14-16-29(17-15-20)26(31)24-18-27-25(30(24)6-3)23-13-9-11-21-10-7-8-12-22(21)23/h7-13,18,20H,4-6,14-17,19H2,1-3H3. The van der Waals surface area contributed by atoms with Crippen molar-refractivity contribution >= 4 is 16.7 Å².